The van der Waals surface area contributed by atoms with Crippen LogP contribution in [-0.2, 0) is 9.59 Å². The van der Waals surface area contributed by atoms with Crippen molar-refractivity contribution in [1.82, 2.24) is 4.98 Å². The number of fused-ring (bicyclic) bond motifs is 1. The molecule has 1 saturated heterocycles. The highest BCUT2D eigenvalue weighted by Crippen LogP contribution is 2.48. The molecule has 1 aliphatic carbocycles. The van der Waals surface area contributed by atoms with Gasteiger partial charge in [-0.05, 0) is 84.9 Å². The van der Waals surface area contributed by atoms with Crippen LogP contribution in [0.4, 0.5) is 5.69 Å². The first-order chi connectivity index (χ1) is 19.4. The first kappa shape index (κ1) is 27.5. The molecular formula is C33H34N2O5. The quantitative estimate of drug-likeness (QED) is 0.261. The topological polar surface area (TPSA) is 111 Å². The number of aliphatic hydroxyl groups is 2. The predicted molar refractivity (Wildman–Crippen MR) is 154 cm³/mol. The highest BCUT2D eigenvalue weighted by atomic mass is 16.3. The molecule has 1 aliphatic heterocycles. The fourth-order valence-corrected chi connectivity index (χ4v) is 6.22. The molecule has 0 saturated carbocycles. The summed E-state index contributed by atoms with van der Waals surface area (Å²) < 4.78 is 0. The first-order valence-electron chi connectivity index (χ1n) is 13.8. The second-order valence-electron chi connectivity index (χ2n) is 10.4. The third-order valence-corrected chi connectivity index (χ3v) is 8.07. The molecule has 0 spiro atoms. The number of phenols is 1. The Labute approximate surface area is 234 Å². The van der Waals surface area contributed by atoms with Crippen LogP contribution in [-0.4, -0.2) is 44.8 Å². The number of rotatable bonds is 9. The number of allylic oxidation sites excluding steroid dienone is 2. The van der Waals surface area contributed by atoms with Gasteiger partial charge in [-0.25, -0.2) is 0 Å². The normalized spacial score (nSPS) is 22.0. The number of nitrogens with zero attached hydrogens (tertiary/aromatic N) is 2. The van der Waals surface area contributed by atoms with Gasteiger partial charge in [0.05, 0.1) is 35.9 Å². The second-order valence-corrected chi connectivity index (χ2v) is 10.4. The molecule has 1 fully saturated rings. The molecule has 2 aliphatic rings. The van der Waals surface area contributed by atoms with Crippen LogP contribution in [0.5, 0.6) is 5.75 Å². The van der Waals surface area contributed by atoms with Gasteiger partial charge >= 0.3 is 0 Å². The van der Waals surface area contributed by atoms with Crippen molar-refractivity contribution < 1.29 is 24.9 Å². The Balaban J connectivity index is 1.43. The zero-order valence-corrected chi connectivity index (χ0v) is 22.5. The van der Waals surface area contributed by atoms with Gasteiger partial charge in [0.2, 0.25) is 11.8 Å². The maximum Gasteiger partial charge on any atom is 0.238 e. The fourth-order valence-electron chi connectivity index (χ4n) is 6.22. The molecule has 4 atom stereocenters. The molecule has 3 aromatic rings. The van der Waals surface area contributed by atoms with Crippen LogP contribution in [0.1, 0.15) is 43.9 Å². The van der Waals surface area contributed by atoms with Gasteiger partial charge in [-0.3, -0.25) is 19.5 Å². The van der Waals surface area contributed by atoms with E-state index in [1.165, 1.54) is 4.90 Å². The molecule has 2 amide bonds. The Morgan fingerprint density at radius 2 is 1.82 bits per heavy atom. The molecular weight excluding hydrogens is 504 g/mol. The fraction of sp³-hybridized carbons (Fsp3) is 0.303. The van der Waals surface area contributed by atoms with Gasteiger partial charge in [0, 0.05) is 12.1 Å². The molecule has 2 aromatic carbocycles. The molecule has 7 nitrogen and oxygen atoms in total. The average Bonchev–Trinajstić information content (AvgIpc) is 3.23. The molecule has 2 heterocycles. The number of benzene rings is 2. The molecule has 3 N–H and O–H groups in total. The Hall–Kier alpha value is -4.07. The van der Waals surface area contributed by atoms with Crippen LogP contribution < -0.4 is 4.90 Å². The molecule has 0 unspecified atom stereocenters. The Bertz CT molecular complexity index is 1430. The summed E-state index contributed by atoms with van der Waals surface area (Å²) in [5.41, 5.74) is 4.61. The number of aliphatic hydroxyl groups excluding tert-OH is 2. The lowest BCUT2D eigenvalue weighted by Crippen LogP contribution is -2.39. The van der Waals surface area contributed by atoms with E-state index < -0.39 is 23.9 Å². The summed E-state index contributed by atoms with van der Waals surface area (Å²) in [6.45, 7) is 1.65. The summed E-state index contributed by atoms with van der Waals surface area (Å²) >= 11 is 0. The Morgan fingerprint density at radius 1 is 1.05 bits per heavy atom. The van der Waals surface area contributed by atoms with Crippen molar-refractivity contribution in [2.45, 2.75) is 38.7 Å². The van der Waals surface area contributed by atoms with Crippen molar-refractivity contribution in [3.63, 3.8) is 0 Å². The number of hydrogen-bond donors (Lipinski definition) is 3. The van der Waals surface area contributed by atoms with Crippen LogP contribution in [0.15, 0.2) is 90.1 Å². The summed E-state index contributed by atoms with van der Waals surface area (Å²) in [7, 11) is 0. The van der Waals surface area contributed by atoms with Crippen molar-refractivity contribution in [3.05, 3.63) is 101 Å². The zero-order chi connectivity index (χ0) is 28.2. The van der Waals surface area contributed by atoms with Crippen molar-refractivity contribution in [2.24, 2.45) is 17.8 Å². The number of pyridine rings is 1. The summed E-state index contributed by atoms with van der Waals surface area (Å²) in [5, 5.41) is 32.0. The third-order valence-electron chi connectivity index (χ3n) is 8.07. The van der Waals surface area contributed by atoms with Gasteiger partial charge in [-0.15, -0.1) is 0 Å². The number of carbonyl (C=O) groups is 2. The summed E-state index contributed by atoms with van der Waals surface area (Å²) in [4.78, 5) is 32.8. The van der Waals surface area contributed by atoms with Gasteiger partial charge in [0.15, 0.2) is 0 Å². The minimum atomic E-state index is -0.905. The van der Waals surface area contributed by atoms with E-state index in [-0.39, 0.29) is 24.2 Å². The van der Waals surface area contributed by atoms with E-state index in [2.05, 4.69) is 4.98 Å². The lowest BCUT2D eigenvalue weighted by atomic mass is 9.67. The van der Waals surface area contributed by atoms with E-state index in [0.717, 1.165) is 22.4 Å². The van der Waals surface area contributed by atoms with Crippen molar-refractivity contribution in [2.75, 3.05) is 11.5 Å². The SMILES string of the molecule is CCC1=C([C@H](O)CC/C(=C/c2cccc(O)c2)c2ccccn2)[C@H](CO)[C@@H]2C(=O)N(c3ccccc3)C(=O)[C@@H]2C1. The number of phenolic OH excluding ortho intramolecular Hbond substituents is 1. The Kier molecular flexibility index (Phi) is 8.24. The molecule has 0 radical (unpaired) electrons. The van der Waals surface area contributed by atoms with Crippen LogP contribution in [0.2, 0.25) is 0 Å². The minimum absolute atomic E-state index is 0.162. The number of aromatic hydroxyl groups is 1. The number of hydrogen-bond acceptors (Lipinski definition) is 6. The van der Waals surface area contributed by atoms with Gasteiger partial charge in [-0.2, -0.15) is 0 Å². The van der Waals surface area contributed by atoms with Gasteiger partial charge in [-0.1, -0.05) is 48.9 Å². The number of aromatic nitrogens is 1. The number of para-hydroxylation sites is 1. The molecule has 40 heavy (non-hydrogen) atoms. The van der Waals surface area contributed by atoms with E-state index in [0.29, 0.717) is 36.9 Å². The molecule has 206 valence electrons. The van der Waals surface area contributed by atoms with Crippen molar-refractivity contribution in [1.29, 1.82) is 0 Å². The van der Waals surface area contributed by atoms with E-state index in [4.69, 9.17) is 0 Å². The van der Waals surface area contributed by atoms with Crippen LogP contribution in [0.25, 0.3) is 11.6 Å². The molecule has 5 rings (SSSR count). The minimum Gasteiger partial charge on any atom is -0.508 e. The lowest BCUT2D eigenvalue weighted by molar-refractivity contribution is -0.123. The average molecular weight is 539 g/mol. The number of anilines is 1. The highest BCUT2D eigenvalue weighted by molar-refractivity contribution is 6.22. The predicted octanol–water partition coefficient (Wildman–Crippen LogP) is 4.99. The van der Waals surface area contributed by atoms with Crippen LogP contribution >= 0.6 is 0 Å². The second kappa shape index (κ2) is 12.0. The Morgan fingerprint density at radius 3 is 2.50 bits per heavy atom. The lowest BCUT2D eigenvalue weighted by Gasteiger charge is -2.36. The smallest absolute Gasteiger partial charge is 0.238 e. The molecule has 0 bridgehead atoms. The highest BCUT2D eigenvalue weighted by Gasteiger charge is 2.55. The largest absolute Gasteiger partial charge is 0.508 e. The molecule has 7 heteroatoms. The summed E-state index contributed by atoms with van der Waals surface area (Å²) in [6.07, 6.45) is 4.58. The van der Waals surface area contributed by atoms with E-state index in [1.807, 2.05) is 43.3 Å². The standard InChI is InChI=1S/C33H34N2O5/c1-2-22-19-26-31(33(40)35(32(26)39)24-10-4-3-5-11-24)27(20-36)30(22)29(38)15-14-23(28-13-6-7-16-34-28)17-21-9-8-12-25(37)18-21/h3-13,16-18,26-27,29,31,36-38H,2,14-15,19-20H2,1H3/b23-17-/t26-,27+,29-,31-/m1/s1. The third kappa shape index (κ3) is 5.35. The van der Waals surface area contributed by atoms with E-state index in [1.54, 1.807) is 48.7 Å². The van der Waals surface area contributed by atoms with E-state index in [9.17, 15) is 24.9 Å². The van der Waals surface area contributed by atoms with Crippen molar-refractivity contribution >= 4 is 29.2 Å². The molecule has 1 aromatic heterocycles. The first-order valence-corrected chi connectivity index (χ1v) is 13.8. The number of imide groups is 1. The van der Waals surface area contributed by atoms with Crippen LogP contribution in [0, 0.1) is 17.8 Å². The van der Waals surface area contributed by atoms with E-state index >= 15 is 0 Å². The van der Waals surface area contributed by atoms with Gasteiger partial charge in [0.1, 0.15) is 5.75 Å². The number of amides is 2. The zero-order valence-electron chi connectivity index (χ0n) is 22.5. The summed E-state index contributed by atoms with van der Waals surface area (Å²) in [6, 6.07) is 21.5. The maximum atomic E-state index is 13.6. The number of carbonyl (C=O) groups excluding carboxylic acids is 2. The van der Waals surface area contributed by atoms with Crippen molar-refractivity contribution in [3.8, 4) is 5.75 Å². The summed E-state index contributed by atoms with van der Waals surface area (Å²) in [5.74, 6) is -2.30. The van der Waals surface area contributed by atoms with Gasteiger partial charge in [0.25, 0.3) is 0 Å². The van der Waals surface area contributed by atoms with Crippen LogP contribution in [0.3, 0.4) is 0 Å². The van der Waals surface area contributed by atoms with Gasteiger partial charge < -0.3 is 15.3 Å². The monoisotopic (exact) mass is 538 g/mol. The maximum absolute atomic E-state index is 13.6.